The monoisotopic (exact) mass is 260 g/mol. The highest BCUT2D eigenvalue weighted by Crippen LogP contribution is 2.26. The molecule has 0 aliphatic carbocycles. The highest BCUT2D eigenvalue weighted by molar-refractivity contribution is 6.11. The second kappa shape index (κ2) is 5.38. The van der Waals surface area contributed by atoms with Gasteiger partial charge in [-0.1, -0.05) is 42.0 Å². The quantitative estimate of drug-likeness (QED) is 0.570. The van der Waals surface area contributed by atoms with E-state index in [1.807, 2.05) is 6.92 Å². The van der Waals surface area contributed by atoms with Crippen molar-refractivity contribution in [2.75, 3.05) is 0 Å². The van der Waals surface area contributed by atoms with Crippen molar-refractivity contribution in [3.63, 3.8) is 0 Å². The third kappa shape index (κ3) is 2.30. The molecule has 3 heteroatoms. The van der Waals surface area contributed by atoms with Crippen LogP contribution in [0, 0.1) is 27.0 Å². The van der Waals surface area contributed by atoms with E-state index in [1.165, 1.54) is 0 Å². The minimum absolute atomic E-state index is 0.109. The summed E-state index contributed by atoms with van der Waals surface area (Å²) >= 11 is 0. The van der Waals surface area contributed by atoms with E-state index < -0.39 is 0 Å². The lowest BCUT2D eigenvalue weighted by atomic mass is 9.95. The highest BCUT2D eigenvalue weighted by Gasteiger charge is 2.15. The Labute approximate surface area is 118 Å². The van der Waals surface area contributed by atoms with Crippen LogP contribution >= 0.6 is 0 Å². The van der Waals surface area contributed by atoms with Crippen LogP contribution in [0.4, 0.5) is 11.4 Å². The third-order valence-electron chi connectivity index (χ3n) is 3.25. The minimum Gasteiger partial charge on any atom is -0.289 e. The SMILES string of the molecule is [C-]#[N+]c1ccc(C(=O)c2cccc([N+]#[C-])c2C)c(C)c1. The molecule has 0 bridgehead atoms. The molecule has 0 amide bonds. The molecule has 0 spiro atoms. The molecule has 0 fully saturated rings. The first-order valence-electron chi connectivity index (χ1n) is 6.08. The topological polar surface area (TPSA) is 25.8 Å². The highest BCUT2D eigenvalue weighted by atomic mass is 16.1. The van der Waals surface area contributed by atoms with Gasteiger partial charge in [0.1, 0.15) is 0 Å². The summed E-state index contributed by atoms with van der Waals surface area (Å²) in [6.45, 7) is 17.7. The molecule has 0 N–H and O–H groups in total. The van der Waals surface area contributed by atoms with E-state index in [2.05, 4.69) is 9.69 Å². The standard InChI is InChI=1S/C17H12N2O/c1-11-10-13(18-3)8-9-14(11)17(20)15-6-5-7-16(19-4)12(15)2/h5-10H,1-2H3. The summed E-state index contributed by atoms with van der Waals surface area (Å²) in [5, 5.41) is 0. The predicted molar refractivity (Wildman–Crippen MR) is 78.3 cm³/mol. The molecule has 0 atom stereocenters. The molecule has 0 saturated carbocycles. The van der Waals surface area contributed by atoms with E-state index in [0.717, 1.165) is 5.56 Å². The molecule has 0 heterocycles. The van der Waals surface area contributed by atoms with Gasteiger partial charge in [0, 0.05) is 11.1 Å². The van der Waals surface area contributed by atoms with Crippen molar-refractivity contribution in [3.8, 4) is 0 Å². The maximum absolute atomic E-state index is 12.6. The van der Waals surface area contributed by atoms with Gasteiger partial charge in [0.2, 0.25) is 0 Å². The summed E-state index contributed by atoms with van der Waals surface area (Å²) in [5.41, 5.74) is 3.59. The average molecular weight is 260 g/mol. The molecule has 0 aliphatic heterocycles. The number of ketones is 1. The van der Waals surface area contributed by atoms with Gasteiger partial charge in [-0.25, -0.2) is 9.69 Å². The maximum atomic E-state index is 12.6. The van der Waals surface area contributed by atoms with Crippen molar-refractivity contribution in [1.82, 2.24) is 0 Å². The fraction of sp³-hybridized carbons (Fsp3) is 0.118. The smallest absolute Gasteiger partial charge is 0.192 e. The zero-order valence-corrected chi connectivity index (χ0v) is 11.3. The summed E-state index contributed by atoms with van der Waals surface area (Å²) in [4.78, 5) is 19.3. The zero-order chi connectivity index (χ0) is 14.7. The van der Waals surface area contributed by atoms with Gasteiger partial charge in [-0.3, -0.25) is 4.79 Å². The number of carbonyl (C=O) groups is 1. The molecule has 0 aromatic heterocycles. The number of hydrogen-bond acceptors (Lipinski definition) is 1. The lowest BCUT2D eigenvalue weighted by molar-refractivity contribution is 0.103. The Bertz CT molecular complexity index is 777. The molecule has 0 radical (unpaired) electrons. The minimum atomic E-state index is -0.109. The first kappa shape index (κ1) is 13.5. The summed E-state index contributed by atoms with van der Waals surface area (Å²) in [6, 6.07) is 10.2. The molecule has 20 heavy (non-hydrogen) atoms. The van der Waals surface area contributed by atoms with Crippen molar-refractivity contribution in [1.29, 1.82) is 0 Å². The normalized spacial score (nSPS) is 9.60. The summed E-state index contributed by atoms with van der Waals surface area (Å²) in [5.74, 6) is -0.109. The van der Waals surface area contributed by atoms with Crippen molar-refractivity contribution < 1.29 is 4.79 Å². The fourth-order valence-corrected chi connectivity index (χ4v) is 2.11. The summed E-state index contributed by atoms with van der Waals surface area (Å²) in [7, 11) is 0. The lowest BCUT2D eigenvalue weighted by Crippen LogP contribution is -2.05. The molecule has 0 saturated heterocycles. The average Bonchev–Trinajstić information content (AvgIpc) is 2.46. The van der Waals surface area contributed by atoms with Crippen molar-refractivity contribution in [2.45, 2.75) is 13.8 Å². The van der Waals surface area contributed by atoms with Gasteiger partial charge in [-0.2, -0.15) is 0 Å². The van der Waals surface area contributed by atoms with Crippen molar-refractivity contribution >= 4 is 17.2 Å². The van der Waals surface area contributed by atoms with Crippen LogP contribution in [0.15, 0.2) is 36.4 Å². The number of rotatable bonds is 2. The van der Waals surface area contributed by atoms with Gasteiger partial charge in [-0.15, -0.1) is 0 Å². The second-order valence-electron chi connectivity index (χ2n) is 4.50. The molecule has 96 valence electrons. The number of hydrogen-bond donors (Lipinski definition) is 0. The van der Waals surface area contributed by atoms with E-state index in [4.69, 9.17) is 13.1 Å². The van der Waals surface area contributed by atoms with Crippen LogP contribution in [-0.4, -0.2) is 5.78 Å². The Hall–Kier alpha value is -2.91. The van der Waals surface area contributed by atoms with Gasteiger partial charge in [-0.05, 0) is 19.4 Å². The van der Waals surface area contributed by atoms with Gasteiger partial charge >= 0.3 is 0 Å². The summed E-state index contributed by atoms with van der Waals surface area (Å²) in [6.07, 6.45) is 0. The lowest BCUT2D eigenvalue weighted by Gasteiger charge is -2.09. The Kier molecular flexibility index (Phi) is 3.64. The molecular weight excluding hydrogens is 248 g/mol. The molecular formula is C17H12N2O. The Balaban J connectivity index is 2.53. The molecule has 3 nitrogen and oxygen atoms in total. The first-order chi connectivity index (χ1) is 9.58. The van der Waals surface area contributed by atoms with Gasteiger partial charge in [0.15, 0.2) is 17.2 Å². The van der Waals surface area contributed by atoms with E-state index in [9.17, 15) is 4.79 Å². The van der Waals surface area contributed by atoms with Gasteiger partial charge in [0.25, 0.3) is 0 Å². The molecule has 0 aliphatic rings. The molecule has 2 aromatic rings. The van der Waals surface area contributed by atoms with Crippen molar-refractivity contribution in [3.05, 3.63) is 81.5 Å². The van der Waals surface area contributed by atoms with Crippen LogP contribution in [0.1, 0.15) is 27.0 Å². The second-order valence-corrected chi connectivity index (χ2v) is 4.50. The Morgan fingerprint density at radius 3 is 2.35 bits per heavy atom. The Morgan fingerprint density at radius 1 is 1.00 bits per heavy atom. The van der Waals surface area contributed by atoms with Crippen LogP contribution in [0.25, 0.3) is 9.69 Å². The van der Waals surface area contributed by atoms with Crippen molar-refractivity contribution in [2.24, 2.45) is 0 Å². The van der Waals surface area contributed by atoms with Crippen LogP contribution in [0.5, 0.6) is 0 Å². The molecule has 2 rings (SSSR count). The maximum Gasteiger partial charge on any atom is 0.192 e. The van der Waals surface area contributed by atoms with Gasteiger partial charge < -0.3 is 0 Å². The van der Waals surface area contributed by atoms with Crippen LogP contribution in [-0.2, 0) is 0 Å². The number of nitrogens with zero attached hydrogens (tertiary/aromatic N) is 2. The zero-order valence-electron chi connectivity index (χ0n) is 11.3. The van der Waals surface area contributed by atoms with E-state index >= 15 is 0 Å². The van der Waals surface area contributed by atoms with Gasteiger partial charge in [0.05, 0.1) is 13.1 Å². The fourth-order valence-electron chi connectivity index (χ4n) is 2.11. The van der Waals surface area contributed by atoms with E-state index in [1.54, 1.807) is 43.3 Å². The first-order valence-corrected chi connectivity index (χ1v) is 6.08. The van der Waals surface area contributed by atoms with E-state index in [-0.39, 0.29) is 5.78 Å². The van der Waals surface area contributed by atoms with Crippen LogP contribution in [0.3, 0.4) is 0 Å². The summed E-state index contributed by atoms with van der Waals surface area (Å²) < 4.78 is 0. The molecule has 2 aromatic carbocycles. The van der Waals surface area contributed by atoms with Crippen LogP contribution < -0.4 is 0 Å². The van der Waals surface area contributed by atoms with E-state index in [0.29, 0.717) is 28.1 Å². The number of aryl methyl sites for hydroxylation is 1. The predicted octanol–water partition coefficient (Wildman–Crippen LogP) is 4.64. The largest absolute Gasteiger partial charge is 0.289 e. The number of benzene rings is 2. The molecule has 0 unspecified atom stereocenters. The van der Waals surface area contributed by atoms with Crippen LogP contribution in [0.2, 0.25) is 0 Å². The third-order valence-corrected chi connectivity index (χ3v) is 3.25. The Morgan fingerprint density at radius 2 is 1.75 bits per heavy atom. The number of carbonyl (C=O) groups excluding carboxylic acids is 1.